The minimum atomic E-state index is -3.30. The molecule has 0 bridgehead atoms. The Hall–Kier alpha value is -0.600. The fourth-order valence-electron chi connectivity index (χ4n) is 1.08. The third-order valence-electron chi connectivity index (χ3n) is 2.14. The van der Waals surface area contributed by atoms with Crippen LogP contribution in [0.5, 0.6) is 0 Å². The molecule has 1 aromatic heterocycles. The van der Waals surface area contributed by atoms with Gasteiger partial charge in [-0.15, -0.1) is 11.3 Å². The lowest BCUT2D eigenvalue weighted by Gasteiger charge is -2.14. The van der Waals surface area contributed by atoms with Crippen molar-refractivity contribution in [2.24, 2.45) is 4.40 Å². The zero-order valence-corrected chi connectivity index (χ0v) is 14.1. The van der Waals surface area contributed by atoms with Gasteiger partial charge in [-0.25, -0.2) is 17.6 Å². The van der Waals surface area contributed by atoms with Crippen LogP contribution in [-0.4, -0.2) is 34.3 Å². The van der Waals surface area contributed by atoms with Crippen LogP contribution < -0.4 is 0 Å². The first-order valence-corrected chi connectivity index (χ1v) is 9.53. The highest BCUT2D eigenvalue weighted by Crippen LogP contribution is 2.21. The van der Waals surface area contributed by atoms with Crippen LogP contribution in [0.3, 0.4) is 0 Å². The van der Waals surface area contributed by atoms with Crippen LogP contribution in [0.25, 0.3) is 0 Å². The number of hydrogen-bond donors (Lipinski definition) is 0. The first-order valence-electron chi connectivity index (χ1n) is 5.71. The van der Waals surface area contributed by atoms with Gasteiger partial charge in [0.15, 0.2) is 0 Å². The molecule has 0 amide bonds. The molecule has 1 aromatic rings. The molecule has 5 nitrogen and oxygen atoms in total. The molecule has 0 fully saturated rings. The second-order valence-electron chi connectivity index (χ2n) is 5.02. The molecule has 0 spiro atoms. The Morgan fingerprint density at radius 1 is 1.47 bits per heavy atom. The van der Waals surface area contributed by atoms with Crippen LogP contribution in [0.1, 0.15) is 39.0 Å². The molecule has 1 rings (SSSR count). The molecule has 19 heavy (non-hydrogen) atoms. The zero-order chi connectivity index (χ0) is 14.8. The van der Waals surface area contributed by atoms with Gasteiger partial charge in [0, 0.05) is 12.5 Å². The number of sulfone groups is 1. The maximum absolute atomic E-state index is 12.0. The third-order valence-corrected chi connectivity index (χ3v) is 6.31. The quantitative estimate of drug-likeness (QED) is 0.796. The van der Waals surface area contributed by atoms with Crippen LogP contribution in [0.2, 0.25) is 0 Å². The lowest BCUT2D eigenvalue weighted by Crippen LogP contribution is -2.20. The highest BCUT2D eigenvalue weighted by Gasteiger charge is 2.21. The van der Waals surface area contributed by atoms with Crippen molar-refractivity contribution in [1.82, 2.24) is 4.98 Å². The number of aromatic nitrogens is 1. The monoisotopic (exact) mass is 322 g/mol. The SMILES string of the molecule is CCC(=NS(=O)C(C)(C)C)c1cnc(S(C)(=O)=O)s1. The van der Waals surface area contributed by atoms with Gasteiger partial charge in [-0.2, -0.15) is 4.40 Å². The Kier molecular flexibility index (Phi) is 5.02. The molecule has 0 saturated carbocycles. The summed E-state index contributed by atoms with van der Waals surface area (Å²) in [4.78, 5) is 4.53. The van der Waals surface area contributed by atoms with Gasteiger partial charge in [-0.3, -0.25) is 0 Å². The van der Waals surface area contributed by atoms with E-state index in [9.17, 15) is 12.6 Å². The minimum absolute atomic E-state index is 0.0604. The van der Waals surface area contributed by atoms with E-state index in [0.29, 0.717) is 17.0 Å². The van der Waals surface area contributed by atoms with E-state index in [1.165, 1.54) is 6.20 Å². The molecule has 0 radical (unpaired) electrons. The van der Waals surface area contributed by atoms with Crippen LogP contribution >= 0.6 is 11.3 Å². The highest BCUT2D eigenvalue weighted by atomic mass is 32.2. The summed E-state index contributed by atoms with van der Waals surface area (Å²) in [5.74, 6) is 0. The zero-order valence-electron chi connectivity index (χ0n) is 11.6. The summed E-state index contributed by atoms with van der Waals surface area (Å²) >= 11 is 1.06. The predicted octanol–water partition coefficient (Wildman–Crippen LogP) is 2.21. The van der Waals surface area contributed by atoms with Crippen LogP contribution in [0, 0.1) is 0 Å². The summed E-state index contributed by atoms with van der Waals surface area (Å²) < 4.78 is 38.6. The largest absolute Gasteiger partial charge is 0.234 e. The van der Waals surface area contributed by atoms with E-state index in [4.69, 9.17) is 0 Å². The van der Waals surface area contributed by atoms with E-state index in [1.807, 2.05) is 27.7 Å². The molecule has 0 aliphatic carbocycles. The molecule has 1 heterocycles. The van der Waals surface area contributed by atoms with E-state index < -0.39 is 25.6 Å². The fraction of sp³-hybridized carbons (Fsp3) is 0.636. The smallest absolute Gasteiger partial charge is 0.209 e. The Bertz CT molecular complexity index is 609. The second kappa shape index (κ2) is 5.80. The third kappa shape index (κ3) is 4.47. The maximum Gasteiger partial charge on any atom is 0.209 e. The molecule has 8 heteroatoms. The Labute approximate surface area is 120 Å². The molecule has 0 saturated heterocycles. The van der Waals surface area contributed by atoms with Gasteiger partial charge in [-0.1, -0.05) is 6.92 Å². The normalized spacial score (nSPS) is 15.5. The summed E-state index contributed by atoms with van der Waals surface area (Å²) in [7, 11) is -4.67. The van der Waals surface area contributed by atoms with Gasteiger partial charge in [0.2, 0.25) is 14.2 Å². The van der Waals surface area contributed by atoms with Gasteiger partial charge in [0.1, 0.15) is 11.0 Å². The molecular weight excluding hydrogens is 304 g/mol. The van der Waals surface area contributed by atoms with E-state index in [0.717, 1.165) is 17.6 Å². The average Bonchev–Trinajstić information content (AvgIpc) is 2.72. The molecule has 0 aromatic carbocycles. The van der Waals surface area contributed by atoms with E-state index in [1.54, 1.807) is 0 Å². The number of rotatable bonds is 4. The minimum Gasteiger partial charge on any atom is -0.234 e. The van der Waals surface area contributed by atoms with Gasteiger partial charge in [0.25, 0.3) is 0 Å². The van der Waals surface area contributed by atoms with E-state index in [2.05, 4.69) is 9.38 Å². The van der Waals surface area contributed by atoms with Gasteiger partial charge in [-0.05, 0) is 27.2 Å². The number of hydrogen-bond acceptors (Lipinski definition) is 5. The topological polar surface area (TPSA) is 76.5 Å². The van der Waals surface area contributed by atoms with Crippen molar-refractivity contribution in [3.05, 3.63) is 11.1 Å². The van der Waals surface area contributed by atoms with Crippen LogP contribution in [0.4, 0.5) is 0 Å². The second-order valence-corrected chi connectivity index (χ2v) is 10.1. The van der Waals surface area contributed by atoms with Gasteiger partial charge < -0.3 is 0 Å². The number of thiazole rings is 1. The lowest BCUT2D eigenvalue weighted by molar-refractivity contribution is 0.601. The summed E-state index contributed by atoms with van der Waals surface area (Å²) in [6.45, 7) is 7.41. The summed E-state index contributed by atoms with van der Waals surface area (Å²) in [5.41, 5.74) is 0.626. The first kappa shape index (κ1) is 16.5. The molecule has 0 aliphatic rings. The Balaban J connectivity index is 3.15. The maximum atomic E-state index is 12.0. The predicted molar refractivity (Wildman–Crippen MR) is 79.9 cm³/mol. The first-order chi connectivity index (χ1) is 8.55. The van der Waals surface area contributed by atoms with Crippen molar-refractivity contribution < 1.29 is 12.6 Å². The summed E-state index contributed by atoms with van der Waals surface area (Å²) in [5, 5.41) is 0. The van der Waals surface area contributed by atoms with Gasteiger partial charge >= 0.3 is 0 Å². The van der Waals surface area contributed by atoms with Crippen molar-refractivity contribution in [1.29, 1.82) is 0 Å². The standard InChI is InChI=1S/C11H18N2O3S3/c1-6-8(13-18(14)11(2,3)4)9-7-12-10(17-9)19(5,15)16/h7H,6H2,1-5H3. The van der Waals surface area contributed by atoms with Crippen molar-refractivity contribution in [3.8, 4) is 0 Å². The molecule has 0 N–H and O–H groups in total. The van der Waals surface area contributed by atoms with Crippen molar-refractivity contribution in [2.45, 2.75) is 43.2 Å². The molecule has 108 valence electrons. The lowest BCUT2D eigenvalue weighted by atomic mass is 10.3. The van der Waals surface area contributed by atoms with Crippen molar-refractivity contribution >= 4 is 37.9 Å². The average molecular weight is 322 g/mol. The molecule has 0 aliphatic heterocycles. The van der Waals surface area contributed by atoms with Crippen molar-refractivity contribution in [3.63, 3.8) is 0 Å². The Morgan fingerprint density at radius 2 is 2.05 bits per heavy atom. The Morgan fingerprint density at radius 3 is 2.42 bits per heavy atom. The fourth-order valence-corrected chi connectivity index (χ4v) is 3.67. The van der Waals surface area contributed by atoms with Crippen LogP contribution in [0.15, 0.2) is 14.9 Å². The van der Waals surface area contributed by atoms with Gasteiger partial charge in [0.05, 0.1) is 15.3 Å². The van der Waals surface area contributed by atoms with E-state index >= 15 is 0 Å². The number of nitrogens with zero attached hydrogens (tertiary/aromatic N) is 2. The molecular formula is C11H18N2O3S3. The summed E-state index contributed by atoms with van der Waals surface area (Å²) in [6.07, 6.45) is 3.17. The highest BCUT2D eigenvalue weighted by molar-refractivity contribution is 7.92. The summed E-state index contributed by atoms with van der Waals surface area (Å²) in [6, 6.07) is 0. The molecule has 1 unspecified atom stereocenters. The molecule has 1 atom stereocenters. The van der Waals surface area contributed by atoms with E-state index in [-0.39, 0.29) is 4.34 Å². The van der Waals surface area contributed by atoms with Crippen molar-refractivity contribution in [2.75, 3.05) is 6.26 Å². The van der Waals surface area contributed by atoms with Crippen LogP contribution in [-0.2, 0) is 20.8 Å².